The first-order valence-electron chi connectivity index (χ1n) is 2.88. The Kier molecular flexibility index (Phi) is 1.51. The summed E-state index contributed by atoms with van der Waals surface area (Å²) in [6, 6.07) is 3.86. The van der Waals surface area contributed by atoms with Gasteiger partial charge in [0.15, 0.2) is 0 Å². The summed E-state index contributed by atoms with van der Waals surface area (Å²) >= 11 is 0. The zero-order valence-electron chi connectivity index (χ0n) is 4.96. The lowest BCUT2D eigenvalue weighted by molar-refractivity contribution is 1.06. The first-order valence-corrected chi connectivity index (χ1v) is 2.88. The molecule has 1 rings (SSSR count). The van der Waals surface area contributed by atoms with Gasteiger partial charge in [-0.3, -0.25) is 0 Å². The molecule has 1 saturated carbocycles. The molecular weight excluding hydrogens is 112 g/mol. The Hall–Kier alpha value is -1.28. The largest absolute Gasteiger partial charge is 0.193 e. The van der Waals surface area contributed by atoms with E-state index in [0.717, 1.165) is 12.8 Å². The van der Waals surface area contributed by atoms with Gasteiger partial charge in [0.1, 0.15) is 0 Å². The maximum atomic E-state index is 8.40. The van der Waals surface area contributed by atoms with E-state index in [1.54, 1.807) is 0 Å². The van der Waals surface area contributed by atoms with Gasteiger partial charge in [0, 0.05) is 11.6 Å². The van der Waals surface area contributed by atoms with Crippen molar-refractivity contribution >= 4 is 0 Å². The summed E-state index contributed by atoms with van der Waals surface area (Å²) in [7, 11) is 0. The van der Waals surface area contributed by atoms with Crippen LogP contribution in [0.2, 0.25) is 0 Å². The maximum Gasteiger partial charge on any atom is 0.0957 e. The molecule has 44 valence electrons. The summed E-state index contributed by atoms with van der Waals surface area (Å²) in [6.45, 7) is 0. The van der Waals surface area contributed by atoms with Gasteiger partial charge in [0.25, 0.3) is 0 Å². The minimum Gasteiger partial charge on any atom is -0.193 e. The molecule has 0 atom stereocenters. The van der Waals surface area contributed by atoms with Crippen molar-refractivity contribution in [2.45, 2.75) is 12.8 Å². The zero-order chi connectivity index (χ0) is 6.69. The van der Waals surface area contributed by atoms with Gasteiger partial charge in [-0.2, -0.15) is 10.5 Å². The van der Waals surface area contributed by atoms with Crippen molar-refractivity contribution in [3.63, 3.8) is 0 Å². The topological polar surface area (TPSA) is 47.6 Å². The van der Waals surface area contributed by atoms with Crippen LogP contribution in [0.4, 0.5) is 0 Å². The fraction of sp³-hybridized carbons (Fsp3) is 0.429. The average Bonchev–Trinajstić information content (AvgIpc) is 2.64. The highest BCUT2D eigenvalue weighted by molar-refractivity contribution is 5.31. The van der Waals surface area contributed by atoms with E-state index in [2.05, 4.69) is 0 Å². The molecule has 1 aliphatic rings. The predicted molar refractivity (Wildman–Crippen MR) is 32.0 cm³/mol. The van der Waals surface area contributed by atoms with E-state index < -0.39 is 0 Å². The molecule has 2 heteroatoms. The maximum absolute atomic E-state index is 8.40. The van der Waals surface area contributed by atoms with Gasteiger partial charge < -0.3 is 0 Å². The van der Waals surface area contributed by atoms with E-state index in [-0.39, 0.29) is 0 Å². The monoisotopic (exact) mass is 118 g/mol. The Labute approximate surface area is 54.0 Å². The molecule has 0 aromatic carbocycles. The molecular formula is C7H6N2. The van der Waals surface area contributed by atoms with Crippen LogP contribution in [0.1, 0.15) is 12.8 Å². The summed E-state index contributed by atoms with van der Waals surface area (Å²) in [6.07, 6.45) is 3.51. The predicted octanol–water partition coefficient (Wildman–Crippen LogP) is 1.37. The Morgan fingerprint density at radius 3 is 2.44 bits per heavy atom. The molecule has 0 aromatic heterocycles. The molecule has 0 amide bonds. The Morgan fingerprint density at radius 1 is 1.44 bits per heavy atom. The summed E-state index contributed by atoms with van der Waals surface area (Å²) in [5, 5.41) is 16.6. The van der Waals surface area contributed by atoms with Gasteiger partial charge in [-0.25, -0.2) is 0 Å². The van der Waals surface area contributed by atoms with E-state index in [0.29, 0.717) is 11.5 Å². The Morgan fingerprint density at radius 2 is 2.11 bits per heavy atom. The molecule has 1 fully saturated rings. The van der Waals surface area contributed by atoms with Gasteiger partial charge in [0.05, 0.1) is 12.1 Å². The van der Waals surface area contributed by atoms with Crippen molar-refractivity contribution in [3.8, 4) is 12.1 Å². The molecule has 0 N–H and O–H groups in total. The van der Waals surface area contributed by atoms with E-state index in [1.165, 1.54) is 6.08 Å². The van der Waals surface area contributed by atoms with Crippen molar-refractivity contribution in [1.29, 1.82) is 10.5 Å². The van der Waals surface area contributed by atoms with Crippen LogP contribution < -0.4 is 0 Å². The molecule has 0 saturated heterocycles. The smallest absolute Gasteiger partial charge is 0.0957 e. The molecule has 1 aliphatic carbocycles. The SMILES string of the molecule is N#CC=C(C#N)C1CC1. The molecule has 2 nitrogen and oxygen atoms in total. The van der Waals surface area contributed by atoms with Gasteiger partial charge in [-0.05, 0) is 18.8 Å². The van der Waals surface area contributed by atoms with Crippen LogP contribution in [0.3, 0.4) is 0 Å². The van der Waals surface area contributed by atoms with Crippen LogP contribution in [0.25, 0.3) is 0 Å². The van der Waals surface area contributed by atoms with Crippen LogP contribution >= 0.6 is 0 Å². The molecule has 0 radical (unpaired) electrons. The molecule has 0 aromatic rings. The molecule has 0 bridgehead atoms. The van der Waals surface area contributed by atoms with E-state index in [9.17, 15) is 0 Å². The summed E-state index contributed by atoms with van der Waals surface area (Å²) in [5.41, 5.74) is 0.650. The minimum absolute atomic E-state index is 0.412. The van der Waals surface area contributed by atoms with Crippen LogP contribution in [0.5, 0.6) is 0 Å². The second-order valence-corrected chi connectivity index (χ2v) is 2.11. The van der Waals surface area contributed by atoms with Crippen LogP contribution in [0.15, 0.2) is 11.6 Å². The van der Waals surface area contributed by atoms with Crippen molar-refractivity contribution in [2.75, 3.05) is 0 Å². The van der Waals surface area contributed by atoms with Crippen LogP contribution in [0, 0.1) is 28.6 Å². The normalized spacial score (nSPS) is 18.2. The first-order chi connectivity index (χ1) is 4.38. The van der Waals surface area contributed by atoms with Gasteiger partial charge in [-0.1, -0.05) is 0 Å². The quantitative estimate of drug-likeness (QED) is 0.488. The summed E-state index contributed by atoms with van der Waals surface area (Å²) in [5.74, 6) is 0.412. The second kappa shape index (κ2) is 2.33. The van der Waals surface area contributed by atoms with Crippen molar-refractivity contribution in [1.82, 2.24) is 0 Å². The van der Waals surface area contributed by atoms with Gasteiger partial charge in [0.2, 0.25) is 0 Å². The van der Waals surface area contributed by atoms with Crippen LogP contribution in [-0.4, -0.2) is 0 Å². The number of rotatable bonds is 1. The van der Waals surface area contributed by atoms with Crippen molar-refractivity contribution < 1.29 is 0 Å². The van der Waals surface area contributed by atoms with Crippen molar-refractivity contribution in [2.24, 2.45) is 5.92 Å². The third kappa shape index (κ3) is 1.30. The molecule has 0 unspecified atom stereocenters. The highest BCUT2D eigenvalue weighted by Gasteiger charge is 2.25. The fourth-order valence-corrected chi connectivity index (χ4v) is 0.705. The third-order valence-electron chi connectivity index (χ3n) is 1.37. The molecule has 0 heterocycles. The van der Waals surface area contributed by atoms with Crippen LogP contribution in [-0.2, 0) is 0 Å². The summed E-state index contributed by atoms with van der Waals surface area (Å²) < 4.78 is 0. The van der Waals surface area contributed by atoms with E-state index in [4.69, 9.17) is 10.5 Å². The Bertz CT molecular complexity index is 210. The molecule has 0 spiro atoms. The average molecular weight is 118 g/mol. The zero-order valence-corrected chi connectivity index (χ0v) is 4.96. The fourth-order valence-electron chi connectivity index (χ4n) is 0.705. The number of nitriles is 2. The van der Waals surface area contributed by atoms with Crippen molar-refractivity contribution in [3.05, 3.63) is 11.6 Å². The highest BCUT2D eigenvalue weighted by atomic mass is 14.3. The third-order valence-corrected chi connectivity index (χ3v) is 1.37. The number of allylic oxidation sites excluding steroid dienone is 2. The van der Waals surface area contributed by atoms with Gasteiger partial charge >= 0.3 is 0 Å². The van der Waals surface area contributed by atoms with Gasteiger partial charge in [-0.15, -0.1) is 0 Å². The van der Waals surface area contributed by atoms with E-state index in [1.807, 2.05) is 12.1 Å². The minimum atomic E-state index is 0.412. The van der Waals surface area contributed by atoms with E-state index >= 15 is 0 Å². The molecule has 9 heavy (non-hydrogen) atoms. The number of hydrogen-bond donors (Lipinski definition) is 0. The first kappa shape index (κ1) is 5.85. The standard InChI is InChI=1S/C7H6N2/c8-4-3-7(5-9)6-1-2-6/h3,6H,1-2H2. The Balaban J connectivity index is 2.63. The lowest BCUT2D eigenvalue weighted by Crippen LogP contribution is -1.77. The molecule has 0 aliphatic heterocycles. The lowest BCUT2D eigenvalue weighted by atomic mass is 10.2. The highest BCUT2D eigenvalue weighted by Crippen LogP contribution is 2.35. The summed E-state index contributed by atoms with van der Waals surface area (Å²) in [4.78, 5) is 0. The number of hydrogen-bond acceptors (Lipinski definition) is 2. The number of nitrogens with zero attached hydrogens (tertiary/aromatic N) is 2. The lowest BCUT2D eigenvalue weighted by Gasteiger charge is -1.83. The second-order valence-electron chi connectivity index (χ2n) is 2.11.